The number of thiophene rings is 1. The third kappa shape index (κ3) is 2.55. The van der Waals surface area contributed by atoms with Gasteiger partial charge in [0, 0.05) is 6.54 Å². The zero-order chi connectivity index (χ0) is 13.1. The summed E-state index contributed by atoms with van der Waals surface area (Å²) in [6.07, 6.45) is 0. The van der Waals surface area contributed by atoms with Crippen LogP contribution in [0.25, 0.3) is 0 Å². The van der Waals surface area contributed by atoms with Gasteiger partial charge in [-0.25, -0.2) is 0 Å². The number of hydrogen-bond donors (Lipinski definition) is 0. The van der Waals surface area contributed by atoms with E-state index in [1.807, 2.05) is 52.7 Å². The minimum absolute atomic E-state index is 0.0181. The van der Waals surface area contributed by atoms with Gasteiger partial charge < -0.3 is 9.64 Å². The van der Waals surface area contributed by atoms with E-state index in [-0.39, 0.29) is 11.9 Å². The average molecular weight is 273 g/mol. The molecule has 1 atom stereocenters. The highest BCUT2D eigenvalue weighted by Crippen LogP contribution is 2.26. The molecule has 1 aromatic heterocycles. The molecule has 0 bridgehead atoms. The van der Waals surface area contributed by atoms with E-state index in [0.29, 0.717) is 19.8 Å². The van der Waals surface area contributed by atoms with E-state index in [1.54, 1.807) is 0 Å². The van der Waals surface area contributed by atoms with Crippen molar-refractivity contribution in [1.82, 2.24) is 4.90 Å². The molecule has 0 N–H and O–H groups in total. The topological polar surface area (TPSA) is 29.5 Å². The smallest absolute Gasteiger partial charge is 0.264 e. The summed E-state index contributed by atoms with van der Waals surface area (Å²) in [4.78, 5) is 15.2. The fourth-order valence-corrected chi connectivity index (χ4v) is 3.02. The molecule has 1 saturated heterocycles. The van der Waals surface area contributed by atoms with Crippen LogP contribution in [-0.4, -0.2) is 30.6 Å². The molecule has 1 aliphatic rings. The highest BCUT2D eigenvalue weighted by atomic mass is 32.1. The molecule has 98 valence electrons. The molecule has 2 aromatic rings. The van der Waals surface area contributed by atoms with E-state index in [9.17, 15) is 4.79 Å². The Morgan fingerprint density at radius 3 is 2.79 bits per heavy atom. The molecular formula is C15H15NO2S. The summed E-state index contributed by atoms with van der Waals surface area (Å²) in [6.45, 7) is 1.83. The molecule has 1 fully saturated rings. The summed E-state index contributed by atoms with van der Waals surface area (Å²) in [5, 5.41) is 1.94. The van der Waals surface area contributed by atoms with Crippen LogP contribution in [0.5, 0.6) is 0 Å². The lowest BCUT2D eigenvalue weighted by atomic mass is 10.0. The molecule has 2 heterocycles. The van der Waals surface area contributed by atoms with Gasteiger partial charge in [-0.05, 0) is 17.0 Å². The van der Waals surface area contributed by atoms with Gasteiger partial charge in [0.1, 0.15) is 0 Å². The average Bonchev–Trinajstić information content (AvgIpc) is 3.02. The molecule has 0 saturated carbocycles. The van der Waals surface area contributed by atoms with E-state index < -0.39 is 0 Å². The lowest BCUT2D eigenvalue weighted by molar-refractivity contribution is -0.00243. The number of nitrogens with zero attached hydrogens (tertiary/aromatic N) is 1. The van der Waals surface area contributed by atoms with E-state index in [0.717, 1.165) is 10.4 Å². The van der Waals surface area contributed by atoms with Crippen molar-refractivity contribution >= 4 is 17.2 Å². The van der Waals surface area contributed by atoms with Gasteiger partial charge in [-0.15, -0.1) is 11.3 Å². The van der Waals surface area contributed by atoms with Crippen LogP contribution in [0.1, 0.15) is 21.3 Å². The predicted molar refractivity (Wildman–Crippen MR) is 75.4 cm³/mol. The first-order valence-electron chi connectivity index (χ1n) is 6.33. The number of rotatable bonds is 2. The lowest BCUT2D eigenvalue weighted by Gasteiger charge is -2.35. The largest absolute Gasteiger partial charge is 0.377 e. The molecule has 3 rings (SSSR count). The second kappa shape index (κ2) is 5.55. The highest BCUT2D eigenvalue weighted by molar-refractivity contribution is 7.12. The van der Waals surface area contributed by atoms with Crippen molar-refractivity contribution in [3.8, 4) is 0 Å². The molecule has 0 radical (unpaired) electrons. The summed E-state index contributed by atoms with van der Waals surface area (Å²) in [6, 6.07) is 13.9. The van der Waals surface area contributed by atoms with Crippen molar-refractivity contribution < 1.29 is 9.53 Å². The second-order valence-electron chi connectivity index (χ2n) is 4.48. The number of ether oxygens (including phenoxy) is 1. The number of benzene rings is 1. The molecule has 4 heteroatoms. The zero-order valence-electron chi connectivity index (χ0n) is 10.5. The molecule has 0 aliphatic carbocycles. The quantitative estimate of drug-likeness (QED) is 0.842. The molecule has 1 unspecified atom stereocenters. The van der Waals surface area contributed by atoms with Crippen LogP contribution in [0, 0.1) is 0 Å². The third-order valence-electron chi connectivity index (χ3n) is 3.31. The monoisotopic (exact) mass is 273 g/mol. The van der Waals surface area contributed by atoms with E-state index in [2.05, 4.69) is 0 Å². The Balaban J connectivity index is 1.87. The molecule has 1 amide bonds. The summed E-state index contributed by atoms with van der Waals surface area (Å²) in [5.74, 6) is 0.104. The summed E-state index contributed by atoms with van der Waals surface area (Å²) in [5.41, 5.74) is 1.13. The van der Waals surface area contributed by atoms with Gasteiger partial charge in [-0.2, -0.15) is 0 Å². The molecule has 3 nitrogen and oxygen atoms in total. The Hall–Kier alpha value is -1.65. The first-order chi connectivity index (χ1) is 9.36. The van der Waals surface area contributed by atoms with Crippen molar-refractivity contribution in [2.45, 2.75) is 6.04 Å². The molecule has 0 spiro atoms. The van der Waals surface area contributed by atoms with Crippen molar-refractivity contribution in [1.29, 1.82) is 0 Å². The Bertz CT molecular complexity index is 539. The highest BCUT2D eigenvalue weighted by Gasteiger charge is 2.29. The number of morpholine rings is 1. The van der Waals surface area contributed by atoms with Gasteiger partial charge in [0.05, 0.1) is 24.1 Å². The third-order valence-corrected chi connectivity index (χ3v) is 4.16. The lowest BCUT2D eigenvalue weighted by Crippen LogP contribution is -2.43. The van der Waals surface area contributed by atoms with Crippen LogP contribution in [0.15, 0.2) is 47.8 Å². The van der Waals surface area contributed by atoms with Gasteiger partial charge in [0.25, 0.3) is 5.91 Å². The standard InChI is InChI=1S/C15H15NO2S/c17-15(14-7-4-10-19-14)16-8-9-18-11-13(16)12-5-2-1-3-6-12/h1-7,10,13H,8-9,11H2. The number of amides is 1. The fourth-order valence-electron chi connectivity index (χ4n) is 2.34. The van der Waals surface area contributed by atoms with E-state index in [4.69, 9.17) is 4.74 Å². The van der Waals surface area contributed by atoms with Crippen molar-refractivity contribution in [2.75, 3.05) is 19.8 Å². The second-order valence-corrected chi connectivity index (χ2v) is 5.42. The maximum atomic E-state index is 12.5. The van der Waals surface area contributed by atoms with Gasteiger partial charge >= 0.3 is 0 Å². The van der Waals surface area contributed by atoms with Crippen molar-refractivity contribution in [2.24, 2.45) is 0 Å². The van der Waals surface area contributed by atoms with Gasteiger partial charge in [-0.1, -0.05) is 36.4 Å². The maximum absolute atomic E-state index is 12.5. The van der Waals surface area contributed by atoms with Crippen molar-refractivity contribution in [3.05, 3.63) is 58.3 Å². The van der Waals surface area contributed by atoms with Crippen LogP contribution in [0.2, 0.25) is 0 Å². The van der Waals surface area contributed by atoms with Crippen molar-refractivity contribution in [3.63, 3.8) is 0 Å². The first-order valence-corrected chi connectivity index (χ1v) is 7.21. The summed E-state index contributed by atoms with van der Waals surface area (Å²) >= 11 is 1.49. The fraction of sp³-hybridized carbons (Fsp3) is 0.267. The minimum Gasteiger partial charge on any atom is -0.377 e. The van der Waals surface area contributed by atoms with Crippen LogP contribution in [-0.2, 0) is 4.74 Å². The molecule has 1 aromatic carbocycles. The van der Waals surface area contributed by atoms with Crippen LogP contribution in [0.3, 0.4) is 0 Å². The number of hydrogen-bond acceptors (Lipinski definition) is 3. The molecule has 1 aliphatic heterocycles. The van der Waals surface area contributed by atoms with Crippen LogP contribution in [0.4, 0.5) is 0 Å². The molecule has 19 heavy (non-hydrogen) atoms. The van der Waals surface area contributed by atoms with Crippen LogP contribution >= 0.6 is 11.3 Å². The Morgan fingerprint density at radius 2 is 2.05 bits per heavy atom. The summed E-state index contributed by atoms with van der Waals surface area (Å²) in [7, 11) is 0. The van der Waals surface area contributed by atoms with Crippen LogP contribution < -0.4 is 0 Å². The Kier molecular flexibility index (Phi) is 3.62. The normalized spacial score (nSPS) is 19.4. The Labute approximate surface area is 116 Å². The van der Waals surface area contributed by atoms with E-state index >= 15 is 0 Å². The number of carbonyl (C=O) groups excluding carboxylic acids is 1. The first kappa shape index (κ1) is 12.4. The Morgan fingerprint density at radius 1 is 1.21 bits per heavy atom. The minimum atomic E-state index is 0.0181. The van der Waals surface area contributed by atoms with Gasteiger partial charge in [0.15, 0.2) is 0 Å². The number of carbonyl (C=O) groups is 1. The SMILES string of the molecule is O=C(c1cccs1)N1CCOCC1c1ccccc1. The summed E-state index contributed by atoms with van der Waals surface area (Å²) < 4.78 is 5.54. The van der Waals surface area contributed by atoms with E-state index in [1.165, 1.54) is 11.3 Å². The predicted octanol–water partition coefficient (Wildman–Crippen LogP) is 2.96. The molecular weight excluding hydrogens is 258 g/mol. The van der Waals surface area contributed by atoms with Gasteiger partial charge in [-0.3, -0.25) is 4.79 Å². The van der Waals surface area contributed by atoms with Gasteiger partial charge in [0.2, 0.25) is 0 Å². The zero-order valence-corrected chi connectivity index (χ0v) is 11.3. The maximum Gasteiger partial charge on any atom is 0.264 e.